The molecule has 5 aliphatic heterocycles. The number of alkyl halides is 1. The molecule has 0 radical (unpaired) electrons. The lowest BCUT2D eigenvalue weighted by Gasteiger charge is -2.51. The van der Waals surface area contributed by atoms with E-state index in [9.17, 15) is 19.0 Å². The Hall–Kier alpha value is -3.67. The van der Waals surface area contributed by atoms with Gasteiger partial charge in [-0.15, -0.1) is 11.3 Å². The van der Waals surface area contributed by atoms with E-state index >= 15 is 8.78 Å². The zero-order valence-corrected chi connectivity index (χ0v) is 35.0. The van der Waals surface area contributed by atoms with Crippen LogP contribution in [0.3, 0.4) is 0 Å². The van der Waals surface area contributed by atoms with Crippen molar-refractivity contribution in [3.05, 3.63) is 40.4 Å². The number of nitrogens with two attached hydrogens (primary N) is 1. The molecule has 5 unspecified atom stereocenters. The molecule has 306 valence electrons. The first kappa shape index (κ1) is 38.5. The molecule has 1 spiro atoms. The summed E-state index contributed by atoms with van der Waals surface area (Å²) in [6.07, 6.45) is 4.85. The van der Waals surface area contributed by atoms with Crippen molar-refractivity contribution < 1.29 is 27.3 Å². The Labute approximate surface area is 343 Å². The number of halogens is 4. The maximum Gasteiger partial charge on any atom is 0.318 e. The molecule has 6 aliphatic rings. The number of thiophene rings is 1. The first-order valence-electron chi connectivity index (χ1n) is 20.1. The molecule has 2 N–H and O–H groups in total. The number of aromatic nitrogens is 2. The minimum absolute atomic E-state index is 0.00378. The number of nitrogens with zero attached hydrogens (tertiary/aromatic N) is 7. The van der Waals surface area contributed by atoms with E-state index in [4.69, 9.17) is 27.1 Å². The van der Waals surface area contributed by atoms with Gasteiger partial charge in [0.1, 0.15) is 47.7 Å². The average molecular weight is 853 g/mol. The summed E-state index contributed by atoms with van der Waals surface area (Å²) in [6.45, 7) is 7.17. The van der Waals surface area contributed by atoms with Crippen LogP contribution in [0.2, 0.25) is 5.02 Å². The Kier molecular flexibility index (Phi) is 9.09. The van der Waals surface area contributed by atoms with Crippen molar-refractivity contribution in [2.45, 2.75) is 62.8 Å². The molecule has 7 heterocycles. The van der Waals surface area contributed by atoms with Gasteiger partial charge in [0, 0.05) is 85.8 Å². The molecule has 1 amide bonds. The second kappa shape index (κ2) is 13.7. The van der Waals surface area contributed by atoms with Gasteiger partial charge in [-0.3, -0.25) is 9.69 Å². The van der Waals surface area contributed by atoms with Crippen LogP contribution in [0.4, 0.5) is 24.0 Å². The summed E-state index contributed by atoms with van der Waals surface area (Å²) in [4.78, 5) is 29.7. The number of carbonyl (C=O) groups excluding carboxylic acids is 1. The largest absolute Gasteiger partial charge is 0.467 e. The fraction of sp³-hybridized carbons (Fsp3) is 0.561. The molecule has 10 rings (SSSR count). The lowest BCUT2D eigenvalue weighted by atomic mass is 9.75. The highest BCUT2D eigenvalue weighted by Crippen LogP contribution is 2.66. The van der Waals surface area contributed by atoms with Gasteiger partial charge in [0.05, 0.1) is 22.4 Å². The lowest BCUT2D eigenvalue weighted by molar-refractivity contribution is -0.143. The fourth-order valence-electron chi connectivity index (χ4n) is 11.4. The van der Waals surface area contributed by atoms with Crippen molar-refractivity contribution >= 4 is 67.9 Å². The van der Waals surface area contributed by atoms with Crippen LogP contribution in [-0.2, 0) is 9.36 Å². The topological polar surface area (TPSA) is 132 Å². The van der Waals surface area contributed by atoms with E-state index in [1.54, 1.807) is 19.4 Å². The van der Waals surface area contributed by atoms with Gasteiger partial charge in [-0.2, -0.15) is 15.2 Å². The number of carbonyl (C=O) groups is 1. The smallest absolute Gasteiger partial charge is 0.318 e. The van der Waals surface area contributed by atoms with E-state index in [0.717, 1.165) is 56.4 Å². The predicted molar refractivity (Wildman–Crippen MR) is 219 cm³/mol. The quantitative estimate of drug-likeness (QED) is 0.148. The van der Waals surface area contributed by atoms with Gasteiger partial charge >= 0.3 is 6.01 Å². The molecule has 6 fully saturated rings. The average Bonchev–Trinajstić information content (AvgIpc) is 4.01. The monoisotopic (exact) mass is 852 g/mol. The molecular formula is C41H45ClF3N8O3PS. The molecule has 2 aromatic carbocycles. The Morgan fingerprint density at radius 2 is 1.93 bits per heavy atom. The first-order valence-corrected chi connectivity index (χ1v) is 23.9. The molecule has 17 heteroatoms. The maximum atomic E-state index is 16.9. The van der Waals surface area contributed by atoms with E-state index in [-0.39, 0.29) is 83.4 Å². The maximum absolute atomic E-state index is 16.9. The van der Waals surface area contributed by atoms with E-state index in [0.29, 0.717) is 50.0 Å². The third kappa shape index (κ3) is 5.94. The second-order valence-corrected chi connectivity index (χ2v) is 22.3. The molecule has 1 aliphatic carbocycles. The van der Waals surface area contributed by atoms with Crippen molar-refractivity contribution in [3.8, 4) is 23.2 Å². The number of nitrogen functional groups attached to an aromatic ring is 1. The van der Waals surface area contributed by atoms with Gasteiger partial charge in [-0.1, -0.05) is 24.1 Å². The SMILES string of the molecule is COc1nc(N2CCCCC3(CN(C(=O)[C@H]4[C@H](C5CC5C5C6CCCN6C[C@@H]5F)N4P(C)(C)=O)C3)C2)c2cc(Cl)c(-c3ccc(F)c4sc(N)c(C#N)c34)c(F)c2n1. The van der Waals surface area contributed by atoms with E-state index in [1.807, 2.05) is 15.6 Å². The van der Waals surface area contributed by atoms with Crippen molar-refractivity contribution in [2.75, 3.05) is 70.3 Å². The summed E-state index contributed by atoms with van der Waals surface area (Å²) in [5.74, 6) is -0.467. The van der Waals surface area contributed by atoms with Gasteiger partial charge in [0.25, 0.3) is 0 Å². The Morgan fingerprint density at radius 1 is 1.14 bits per heavy atom. The lowest BCUT2D eigenvalue weighted by Crippen LogP contribution is -2.63. The molecule has 0 bridgehead atoms. The highest BCUT2D eigenvalue weighted by atomic mass is 35.5. The zero-order chi connectivity index (χ0) is 40.6. The number of anilines is 2. The number of rotatable bonds is 7. The highest BCUT2D eigenvalue weighted by molar-refractivity contribution is 7.60. The van der Waals surface area contributed by atoms with Gasteiger partial charge in [-0.05, 0) is 68.2 Å². The fourth-order valence-corrected chi connectivity index (χ4v) is 14.4. The minimum atomic E-state index is -2.74. The summed E-state index contributed by atoms with van der Waals surface area (Å²) >= 11 is 7.83. The summed E-state index contributed by atoms with van der Waals surface area (Å²) in [5, 5.41) is 10.6. The molecule has 11 nitrogen and oxygen atoms in total. The van der Waals surface area contributed by atoms with Crippen LogP contribution in [0.25, 0.3) is 32.1 Å². The van der Waals surface area contributed by atoms with Crippen molar-refractivity contribution in [1.29, 1.82) is 5.26 Å². The standard InChI is InChI=1S/C41H45ClF3N8O3PS/c1-56-40-48-33-23(14-25(42)30(32(33)45)20-8-9-26(43)36-29(20)24(15-46)37(47)58-36)38(49-40)51-11-5-4-10-41(17-51)18-52(19-41)39(54)35-34(53(35)57(2,3)55)22-13-21(22)31-27(44)16-50-12-6-7-28(31)50/h8-9,14,21-22,27-28,31,34-35H,4-7,10-13,16-19,47H2,1-3H3/t21?,22?,27-,28?,31?,34-,35+,53?/m0/s1. The third-order valence-corrected chi connectivity index (χ3v) is 16.9. The third-order valence-electron chi connectivity index (χ3n) is 13.9. The Morgan fingerprint density at radius 3 is 2.67 bits per heavy atom. The van der Waals surface area contributed by atoms with Gasteiger partial charge in [-0.25, -0.2) is 17.8 Å². The number of nitriles is 1. The summed E-state index contributed by atoms with van der Waals surface area (Å²) in [7, 11) is -1.33. The van der Waals surface area contributed by atoms with Crippen LogP contribution in [-0.4, -0.2) is 114 Å². The van der Waals surface area contributed by atoms with Crippen molar-refractivity contribution in [1.82, 2.24) is 24.4 Å². The number of fused-ring (bicyclic) bond motifs is 3. The van der Waals surface area contributed by atoms with Crippen molar-refractivity contribution in [3.63, 3.8) is 0 Å². The minimum Gasteiger partial charge on any atom is -0.467 e. The molecular weight excluding hydrogens is 808 g/mol. The number of benzene rings is 2. The zero-order valence-electron chi connectivity index (χ0n) is 32.6. The number of hydrogen-bond acceptors (Lipinski definition) is 10. The van der Waals surface area contributed by atoms with E-state index < -0.39 is 31.1 Å². The van der Waals surface area contributed by atoms with E-state index in [1.165, 1.54) is 19.2 Å². The molecule has 2 aromatic heterocycles. The summed E-state index contributed by atoms with van der Waals surface area (Å²) in [6, 6.07) is 5.94. The Bertz CT molecular complexity index is 2490. The number of likely N-dealkylation sites (tertiary alicyclic amines) is 1. The normalized spacial score (nSPS) is 30.4. The van der Waals surface area contributed by atoms with Crippen LogP contribution < -0.4 is 15.4 Å². The van der Waals surface area contributed by atoms with Crippen LogP contribution in [0.1, 0.15) is 44.1 Å². The number of hydrogen-bond donors (Lipinski definition) is 1. The number of methoxy groups -OCH3 is 1. The molecule has 1 saturated carbocycles. The Balaban J connectivity index is 0.918. The van der Waals surface area contributed by atoms with Gasteiger partial charge in [0.15, 0.2) is 5.82 Å². The van der Waals surface area contributed by atoms with Gasteiger partial charge < -0.3 is 24.8 Å². The highest BCUT2D eigenvalue weighted by Gasteiger charge is 2.69. The summed E-state index contributed by atoms with van der Waals surface area (Å²) < 4.78 is 68.3. The first-order chi connectivity index (χ1) is 27.7. The van der Waals surface area contributed by atoms with Crippen LogP contribution in [0.15, 0.2) is 18.2 Å². The van der Waals surface area contributed by atoms with E-state index in [2.05, 4.69) is 14.8 Å². The number of ether oxygens (including phenoxy) is 1. The molecule has 5 saturated heterocycles. The van der Waals surface area contributed by atoms with Crippen LogP contribution in [0, 0.1) is 46.1 Å². The second-order valence-electron chi connectivity index (χ2n) is 17.8. The molecule has 58 heavy (non-hydrogen) atoms. The van der Waals surface area contributed by atoms with Gasteiger partial charge in [0.2, 0.25) is 5.91 Å². The summed E-state index contributed by atoms with van der Waals surface area (Å²) in [5.41, 5.74) is 6.03. The predicted octanol–water partition coefficient (Wildman–Crippen LogP) is 7.38. The van der Waals surface area contributed by atoms with Crippen molar-refractivity contribution in [2.24, 2.45) is 23.2 Å². The molecule has 4 aromatic rings. The van der Waals surface area contributed by atoms with Crippen LogP contribution in [0.5, 0.6) is 6.01 Å². The number of amides is 1. The van der Waals surface area contributed by atoms with Crippen LogP contribution >= 0.6 is 30.2 Å². The molecule has 8 atom stereocenters.